The Hall–Kier alpha value is -1.89. The Bertz CT molecular complexity index is 1020. The van der Waals surface area contributed by atoms with Crippen molar-refractivity contribution in [1.29, 1.82) is 0 Å². The van der Waals surface area contributed by atoms with Crippen LogP contribution in [0, 0.1) is 11.3 Å². The standard InChI is InChI=1S/C25H32ClN3O2S/c1-25(2,3)17-8-9-19-20(15-17)32-23(27-22(30)16-6-5-7-18(26)14-16)21(19)24(31)29-12-10-28(4)11-13-29/h5-7,14,17H,8-13,15H2,1-4H3,(H,27,30)/t17-/m1/s1. The normalized spacial score (nSPS) is 19.5. The highest BCUT2D eigenvalue weighted by Crippen LogP contribution is 2.44. The molecule has 0 bridgehead atoms. The van der Waals surface area contributed by atoms with Crippen molar-refractivity contribution >= 4 is 39.8 Å². The molecule has 0 spiro atoms. The number of carbonyl (C=O) groups is 2. The number of piperazine rings is 1. The van der Waals surface area contributed by atoms with E-state index < -0.39 is 0 Å². The maximum atomic E-state index is 13.7. The molecule has 1 aliphatic heterocycles. The number of benzene rings is 1. The van der Waals surface area contributed by atoms with Gasteiger partial charge < -0.3 is 15.1 Å². The summed E-state index contributed by atoms with van der Waals surface area (Å²) in [5, 5.41) is 4.25. The van der Waals surface area contributed by atoms with Gasteiger partial charge in [-0.25, -0.2) is 0 Å². The van der Waals surface area contributed by atoms with Gasteiger partial charge in [-0.1, -0.05) is 38.4 Å². The van der Waals surface area contributed by atoms with E-state index in [9.17, 15) is 9.59 Å². The number of carbonyl (C=O) groups excluding carboxylic acids is 2. The Morgan fingerprint density at radius 2 is 1.88 bits per heavy atom. The second kappa shape index (κ2) is 9.16. The first-order valence-corrected chi connectivity index (χ1v) is 12.5. The SMILES string of the molecule is CN1CCN(C(=O)c2c(NC(=O)c3cccc(Cl)c3)sc3c2CC[C@@H](C(C)(C)C)C3)CC1. The van der Waals surface area contributed by atoms with Crippen LogP contribution < -0.4 is 5.32 Å². The van der Waals surface area contributed by atoms with Crippen LogP contribution in [0.25, 0.3) is 0 Å². The fraction of sp³-hybridized carbons (Fsp3) is 0.520. The number of hydrogen-bond acceptors (Lipinski definition) is 4. The lowest BCUT2D eigenvalue weighted by molar-refractivity contribution is 0.0664. The van der Waals surface area contributed by atoms with E-state index in [-0.39, 0.29) is 17.2 Å². The summed E-state index contributed by atoms with van der Waals surface area (Å²) in [4.78, 5) is 32.1. The summed E-state index contributed by atoms with van der Waals surface area (Å²) in [5.41, 5.74) is 2.56. The monoisotopic (exact) mass is 473 g/mol. The van der Waals surface area contributed by atoms with Gasteiger partial charge in [0.2, 0.25) is 0 Å². The Kier molecular flexibility index (Phi) is 6.66. The van der Waals surface area contributed by atoms with Crippen LogP contribution in [0.3, 0.4) is 0 Å². The first kappa shape index (κ1) is 23.3. The summed E-state index contributed by atoms with van der Waals surface area (Å²) in [6.45, 7) is 10.0. The molecular formula is C25H32ClN3O2S. The number of amides is 2. The molecule has 2 aliphatic rings. The second-order valence-electron chi connectivity index (χ2n) is 10.1. The van der Waals surface area contributed by atoms with Crippen LogP contribution in [0.2, 0.25) is 5.02 Å². The van der Waals surface area contributed by atoms with Crippen LogP contribution in [-0.2, 0) is 12.8 Å². The van der Waals surface area contributed by atoms with Gasteiger partial charge in [-0.2, -0.15) is 0 Å². The summed E-state index contributed by atoms with van der Waals surface area (Å²) in [7, 11) is 2.08. The molecule has 1 atom stereocenters. The summed E-state index contributed by atoms with van der Waals surface area (Å²) < 4.78 is 0. The molecule has 4 rings (SSSR count). The number of nitrogens with zero attached hydrogens (tertiary/aromatic N) is 2. The van der Waals surface area contributed by atoms with E-state index in [1.807, 2.05) is 4.90 Å². The van der Waals surface area contributed by atoms with Gasteiger partial charge in [0, 0.05) is 41.6 Å². The Labute approximate surface area is 199 Å². The van der Waals surface area contributed by atoms with E-state index >= 15 is 0 Å². The summed E-state index contributed by atoms with van der Waals surface area (Å²) >= 11 is 7.67. The van der Waals surface area contributed by atoms with Gasteiger partial charge in [-0.3, -0.25) is 9.59 Å². The van der Waals surface area contributed by atoms with Crippen LogP contribution in [0.5, 0.6) is 0 Å². The number of likely N-dealkylation sites (N-methyl/N-ethyl adjacent to an activating group) is 1. The molecule has 2 heterocycles. The number of halogens is 1. The highest BCUT2D eigenvalue weighted by Gasteiger charge is 2.35. The van der Waals surface area contributed by atoms with Crippen LogP contribution in [0.4, 0.5) is 5.00 Å². The average Bonchev–Trinajstić information content (AvgIpc) is 3.10. The first-order chi connectivity index (χ1) is 15.1. The molecule has 32 heavy (non-hydrogen) atoms. The van der Waals surface area contributed by atoms with E-state index in [1.54, 1.807) is 35.6 Å². The minimum absolute atomic E-state index is 0.0474. The van der Waals surface area contributed by atoms with Gasteiger partial charge >= 0.3 is 0 Å². The molecular weight excluding hydrogens is 442 g/mol. The zero-order chi connectivity index (χ0) is 23.0. The highest BCUT2D eigenvalue weighted by molar-refractivity contribution is 7.17. The van der Waals surface area contributed by atoms with Crippen molar-refractivity contribution < 1.29 is 9.59 Å². The van der Waals surface area contributed by atoms with E-state index in [1.165, 1.54) is 4.88 Å². The summed E-state index contributed by atoms with van der Waals surface area (Å²) in [6, 6.07) is 6.91. The lowest BCUT2D eigenvalue weighted by atomic mass is 9.72. The molecule has 1 aromatic carbocycles. The summed E-state index contributed by atoms with van der Waals surface area (Å²) in [5.74, 6) is 0.383. The minimum atomic E-state index is -0.231. The quantitative estimate of drug-likeness (QED) is 0.667. The average molecular weight is 474 g/mol. The minimum Gasteiger partial charge on any atom is -0.336 e. The molecule has 0 saturated carbocycles. The molecule has 0 unspecified atom stereocenters. The molecule has 0 radical (unpaired) electrons. The molecule has 5 nitrogen and oxygen atoms in total. The van der Waals surface area contributed by atoms with Crippen molar-refractivity contribution in [2.75, 3.05) is 38.5 Å². The number of anilines is 1. The lowest BCUT2D eigenvalue weighted by Gasteiger charge is -2.35. The van der Waals surface area contributed by atoms with E-state index in [4.69, 9.17) is 11.6 Å². The third kappa shape index (κ3) is 4.87. The number of thiophene rings is 1. The number of fused-ring (bicyclic) bond motifs is 1. The van der Waals surface area contributed by atoms with Crippen molar-refractivity contribution in [3.8, 4) is 0 Å². The van der Waals surface area contributed by atoms with Crippen LogP contribution in [-0.4, -0.2) is 54.8 Å². The van der Waals surface area contributed by atoms with Crippen LogP contribution in [0.1, 0.15) is 58.3 Å². The Balaban J connectivity index is 1.67. The molecule has 2 aromatic rings. The maximum Gasteiger partial charge on any atom is 0.257 e. The van der Waals surface area contributed by atoms with Gasteiger partial charge in [0.05, 0.1) is 5.56 Å². The predicted molar refractivity (Wildman–Crippen MR) is 132 cm³/mol. The molecule has 1 fully saturated rings. The number of nitrogens with one attached hydrogen (secondary N) is 1. The van der Waals surface area contributed by atoms with Gasteiger partial charge in [0.25, 0.3) is 11.8 Å². The largest absolute Gasteiger partial charge is 0.336 e. The molecule has 1 aromatic heterocycles. The van der Waals surface area contributed by atoms with Crippen LogP contribution in [0.15, 0.2) is 24.3 Å². The van der Waals surface area contributed by atoms with Crippen molar-refractivity contribution in [3.05, 3.63) is 50.9 Å². The van der Waals surface area contributed by atoms with Gasteiger partial charge in [0.15, 0.2) is 0 Å². The van der Waals surface area contributed by atoms with E-state index in [0.717, 1.165) is 37.9 Å². The molecule has 172 valence electrons. The van der Waals surface area contributed by atoms with Crippen molar-refractivity contribution in [2.45, 2.75) is 40.0 Å². The second-order valence-corrected chi connectivity index (χ2v) is 11.6. The van der Waals surface area contributed by atoms with Gasteiger partial charge in [-0.15, -0.1) is 11.3 Å². The van der Waals surface area contributed by atoms with Crippen molar-refractivity contribution in [2.24, 2.45) is 11.3 Å². The van der Waals surface area contributed by atoms with Crippen molar-refractivity contribution in [3.63, 3.8) is 0 Å². The van der Waals surface area contributed by atoms with E-state index in [0.29, 0.717) is 40.2 Å². The lowest BCUT2D eigenvalue weighted by Crippen LogP contribution is -2.47. The zero-order valence-electron chi connectivity index (χ0n) is 19.3. The number of hydrogen-bond donors (Lipinski definition) is 1. The molecule has 1 aliphatic carbocycles. The van der Waals surface area contributed by atoms with Crippen molar-refractivity contribution in [1.82, 2.24) is 9.80 Å². The topological polar surface area (TPSA) is 52.6 Å². The van der Waals surface area contributed by atoms with E-state index in [2.05, 4.69) is 38.0 Å². The molecule has 1 N–H and O–H groups in total. The Morgan fingerprint density at radius 3 is 2.53 bits per heavy atom. The molecule has 2 amide bonds. The Morgan fingerprint density at radius 1 is 1.16 bits per heavy atom. The van der Waals surface area contributed by atoms with Crippen LogP contribution >= 0.6 is 22.9 Å². The smallest absolute Gasteiger partial charge is 0.257 e. The fourth-order valence-electron chi connectivity index (χ4n) is 4.61. The molecule has 7 heteroatoms. The zero-order valence-corrected chi connectivity index (χ0v) is 20.9. The maximum absolute atomic E-state index is 13.7. The highest BCUT2D eigenvalue weighted by atomic mass is 35.5. The fourth-order valence-corrected chi connectivity index (χ4v) is 6.12. The van der Waals surface area contributed by atoms with Gasteiger partial charge in [-0.05, 0) is 61.4 Å². The predicted octanol–water partition coefficient (Wildman–Crippen LogP) is 5.19. The molecule has 1 saturated heterocycles. The summed E-state index contributed by atoms with van der Waals surface area (Å²) in [6.07, 6.45) is 2.91. The van der Waals surface area contributed by atoms with Gasteiger partial charge in [0.1, 0.15) is 5.00 Å². The first-order valence-electron chi connectivity index (χ1n) is 11.3. The number of rotatable bonds is 3. The third-order valence-corrected chi connectivity index (χ3v) is 8.21. The third-order valence-electron chi connectivity index (χ3n) is 6.81.